The smallest absolute Gasteiger partial charge is 0.410 e. The number of hydrogen-bond donors (Lipinski definition) is 1. The minimum atomic E-state index is -0.553. The molecule has 2 fully saturated rings. The van der Waals surface area contributed by atoms with Crippen molar-refractivity contribution >= 4 is 28.8 Å². The Morgan fingerprint density at radius 1 is 1.02 bits per heavy atom. The summed E-state index contributed by atoms with van der Waals surface area (Å²) in [7, 11) is 0. The van der Waals surface area contributed by atoms with Gasteiger partial charge in [-0.25, -0.2) is 14.5 Å². The molecule has 2 aromatic heterocycles. The number of anilines is 2. The predicted octanol–water partition coefficient (Wildman–Crippen LogP) is 6.84. The number of carbonyl (C=O) groups excluding carboxylic acids is 1. The second-order valence-electron chi connectivity index (χ2n) is 13.1. The van der Waals surface area contributed by atoms with Crippen molar-refractivity contribution in [1.29, 1.82) is 0 Å². The molecule has 4 aromatic rings. The zero-order valence-electron chi connectivity index (χ0n) is 24.1. The lowest BCUT2D eigenvalue weighted by atomic mass is 9.95. The van der Waals surface area contributed by atoms with Gasteiger partial charge in [0.15, 0.2) is 5.65 Å². The van der Waals surface area contributed by atoms with Crippen LogP contribution in [0.2, 0.25) is 0 Å². The Kier molecular flexibility index (Phi) is 6.44. The van der Waals surface area contributed by atoms with Crippen molar-refractivity contribution in [3.63, 3.8) is 0 Å². The van der Waals surface area contributed by atoms with E-state index < -0.39 is 5.60 Å². The molecule has 2 heterocycles. The number of rotatable bonds is 6. The van der Waals surface area contributed by atoms with Crippen LogP contribution in [-0.2, 0) is 24.1 Å². The van der Waals surface area contributed by atoms with Gasteiger partial charge in [0.1, 0.15) is 5.60 Å². The molecular weight excluding hydrogens is 512 g/mol. The Morgan fingerprint density at radius 3 is 2.44 bits per heavy atom. The monoisotopic (exact) mass is 550 g/mol. The van der Waals surface area contributed by atoms with Gasteiger partial charge in [-0.15, -0.1) is 0 Å². The van der Waals surface area contributed by atoms with E-state index in [1.165, 1.54) is 36.8 Å². The molecule has 3 aliphatic rings. The van der Waals surface area contributed by atoms with Crippen molar-refractivity contribution in [3.05, 3.63) is 77.6 Å². The van der Waals surface area contributed by atoms with E-state index in [1.54, 1.807) is 0 Å². The van der Waals surface area contributed by atoms with Crippen molar-refractivity contribution in [1.82, 2.24) is 24.6 Å². The summed E-state index contributed by atoms with van der Waals surface area (Å²) in [6, 6.07) is 17.1. The Hall–Kier alpha value is -3.94. The second-order valence-corrected chi connectivity index (χ2v) is 13.1. The fraction of sp³-hybridized carbons (Fsp3) is 0.455. The molecule has 212 valence electrons. The summed E-state index contributed by atoms with van der Waals surface area (Å²) >= 11 is 0. The molecule has 3 atom stereocenters. The molecule has 1 amide bonds. The Balaban J connectivity index is 1.07. The number of carbonyl (C=O) groups is 1. The van der Waals surface area contributed by atoms with Gasteiger partial charge in [-0.05, 0) is 93.5 Å². The van der Waals surface area contributed by atoms with Crippen LogP contribution in [0.1, 0.15) is 69.2 Å². The van der Waals surface area contributed by atoms with E-state index in [1.807, 2.05) is 50.2 Å². The number of aromatic nitrogens is 4. The van der Waals surface area contributed by atoms with Gasteiger partial charge in [-0.1, -0.05) is 42.8 Å². The minimum absolute atomic E-state index is 0.0695. The van der Waals surface area contributed by atoms with E-state index in [4.69, 9.17) is 14.8 Å². The molecule has 0 radical (unpaired) electrons. The van der Waals surface area contributed by atoms with Crippen LogP contribution in [0.5, 0.6) is 0 Å². The summed E-state index contributed by atoms with van der Waals surface area (Å²) < 4.78 is 7.97. The number of amides is 1. The van der Waals surface area contributed by atoms with Gasteiger partial charge in [0.25, 0.3) is 0 Å². The third kappa shape index (κ3) is 5.27. The molecular formula is C33H38N6O2. The third-order valence-corrected chi connectivity index (χ3v) is 9.01. The lowest BCUT2D eigenvalue weighted by molar-refractivity contribution is 0.0148. The van der Waals surface area contributed by atoms with E-state index in [9.17, 15) is 4.79 Å². The van der Waals surface area contributed by atoms with Crippen LogP contribution >= 0.6 is 0 Å². The summed E-state index contributed by atoms with van der Waals surface area (Å²) in [4.78, 5) is 24.6. The Morgan fingerprint density at radius 2 is 1.78 bits per heavy atom. The Labute approximate surface area is 241 Å². The Bertz CT molecular complexity index is 1550. The first-order valence-corrected chi connectivity index (χ1v) is 14.9. The van der Waals surface area contributed by atoms with E-state index >= 15 is 0 Å². The van der Waals surface area contributed by atoms with Crippen LogP contribution in [0.3, 0.4) is 0 Å². The van der Waals surface area contributed by atoms with E-state index in [-0.39, 0.29) is 12.1 Å². The lowest BCUT2D eigenvalue weighted by Gasteiger charge is -2.31. The van der Waals surface area contributed by atoms with Gasteiger partial charge >= 0.3 is 6.09 Å². The average molecular weight is 551 g/mol. The summed E-state index contributed by atoms with van der Waals surface area (Å²) in [5.41, 5.74) is 4.91. The molecule has 41 heavy (non-hydrogen) atoms. The van der Waals surface area contributed by atoms with E-state index in [0.717, 1.165) is 47.0 Å². The topological polar surface area (TPSA) is 85.2 Å². The molecule has 2 aromatic carbocycles. The van der Waals surface area contributed by atoms with Crippen LogP contribution in [0.25, 0.3) is 11.0 Å². The number of hydrogen-bond acceptors (Lipinski definition) is 6. The highest BCUT2D eigenvalue weighted by Crippen LogP contribution is 2.51. The van der Waals surface area contributed by atoms with Crippen LogP contribution < -0.4 is 5.32 Å². The van der Waals surface area contributed by atoms with Gasteiger partial charge in [-0.3, -0.25) is 0 Å². The molecule has 7 rings (SSSR count). The van der Waals surface area contributed by atoms with Gasteiger partial charge in [0.2, 0.25) is 5.95 Å². The number of fused-ring (bicyclic) bond motifs is 4. The quantitative estimate of drug-likeness (QED) is 0.283. The molecule has 0 aliphatic heterocycles. The molecule has 0 spiro atoms. The molecule has 0 saturated heterocycles. The highest BCUT2D eigenvalue weighted by molar-refractivity contribution is 5.75. The largest absolute Gasteiger partial charge is 0.444 e. The summed E-state index contributed by atoms with van der Waals surface area (Å²) in [5.74, 6) is 2.13. The van der Waals surface area contributed by atoms with Gasteiger partial charge in [-0.2, -0.15) is 10.1 Å². The first kappa shape index (κ1) is 26.0. The molecule has 8 nitrogen and oxygen atoms in total. The summed E-state index contributed by atoms with van der Waals surface area (Å²) in [5, 5.41) is 9.06. The molecule has 3 aliphatic carbocycles. The maximum atomic E-state index is 13.3. The average Bonchev–Trinajstić information content (AvgIpc) is 3.74. The molecule has 8 heteroatoms. The fourth-order valence-corrected chi connectivity index (χ4v) is 7.09. The highest BCUT2D eigenvalue weighted by Gasteiger charge is 2.41. The molecule has 2 bridgehead atoms. The number of ether oxygens (including phenoxy) is 1. The molecule has 0 unspecified atom stereocenters. The van der Waals surface area contributed by atoms with Gasteiger partial charge < -0.3 is 15.0 Å². The highest BCUT2D eigenvalue weighted by atomic mass is 16.6. The van der Waals surface area contributed by atoms with Crippen molar-refractivity contribution in [2.75, 3.05) is 5.32 Å². The molecule has 1 N–H and O–H groups in total. The number of nitrogens with zero attached hydrogens (tertiary/aromatic N) is 5. The normalized spacial score (nSPS) is 21.8. The van der Waals surface area contributed by atoms with Crippen LogP contribution in [0.4, 0.5) is 16.4 Å². The van der Waals surface area contributed by atoms with Crippen molar-refractivity contribution in [2.24, 2.45) is 11.8 Å². The first-order valence-electron chi connectivity index (χ1n) is 14.9. The van der Waals surface area contributed by atoms with Crippen LogP contribution in [0.15, 0.2) is 60.9 Å². The van der Waals surface area contributed by atoms with Crippen molar-refractivity contribution < 1.29 is 9.53 Å². The second kappa shape index (κ2) is 10.2. The maximum absolute atomic E-state index is 13.3. The number of benzene rings is 2. The summed E-state index contributed by atoms with van der Waals surface area (Å²) in [6.07, 6.45) is 10.4. The SMILES string of the molecule is CC(C)(C)OC(=O)N(Cc1ccc(Nc2ncc3cnn([C@H]4C[C@H]5CC[C@@H]4C5)c3n2)cc1)C1Cc2ccccc2C1. The fourth-order valence-electron chi connectivity index (χ4n) is 7.09. The van der Waals surface area contributed by atoms with Gasteiger partial charge in [0.05, 0.1) is 17.6 Å². The third-order valence-electron chi connectivity index (χ3n) is 9.01. The lowest BCUT2D eigenvalue weighted by Crippen LogP contribution is -2.43. The van der Waals surface area contributed by atoms with Crippen molar-refractivity contribution in [2.45, 2.75) is 83.5 Å². The molecule has 2 saturated carbocycles. The minimum Gasteiger partial charge on any atom is -0.444 e. The van der Waals surface area contributed by atoms with E-state index in [2.05, 4.69) is 51.4 Å². The van der Waals surface area contributed by atoms with Crippen LogP contribution in [0, 0.1) is 11.8 Å². The maximum Gasteiger partial charge on any atom is 0.410 e. The standard InChI is InChI=1S/C33H38N6O2/c1-33(2,3)41-32(40)38(28-16-23-6-4-5-7-24(23)17-28)20-21-9-12-27(13-10-21)36-31-34-18-26-19-35-39(30(26)37-31)29-15-22-8-11-25(29)14-22/h4-7,9-10,12-13,18-19,22,25,28-29H,8,11,14-17,20H2,1-3H3,(H,34,36,37)/t22-,25+,29-/m0/s1. The zero-order chi connectivity index (χ0) is 28.1. The van der Waals surface area contributed by atoms with Gasteiger partial charge in [0, 0.05) is 24.5 Å². The van der Waals surface area contributed by atoms with E-state index in [0.29, 0.717) is 18.5 Å². The first-order chi connectivity index (χ1) is 19.8. The summed E-state index contributed by atoms with van der Waals surface area (Å²) in [6.45, 7) is 6.23. The van der Waals surface area contributed by atoms with Crippen LogP contribution in [-0.4, -0.2) is 42.4 Å². The number of nitrogens with one attached hydrogen (secondary N) is 1. The zero-order valence-corrected chi connectivity index (χ0v) is 24.1. The van der Waals surface area contributed by atoms with Crippen molar-refractivity contribution in [3.8, 4) is 0 Å². The predicted molar refractivity (Wildman–Crippen MR) is 159 cm³/mol.